The first kappa shape index (κ1) is 30.4. The van der Waals surface area contributed by atoms with Crippen molar-refractivity contribution in [2.24, 2.45) is 0 Å². The zero-order valence-corrected chi connectivity index (χ0v) is 25.8. The van der Waals surface area contributed by atoms with Crippen molar-refractivity contribution >= 4 is 29.0 Å². The van der Waals surface area contributed by atoms with E-state index in [0.717, 1.165) is 52.9 Å². The fourth-order valence-electron chi connectivity index (χ4n) is 5.55. The minimum atomic E-state index is -0.200. The summed E-state index contributed by atoms with van der Waals surface area (Å²) in [6.45, 7) is 7.17. The molecular weight excluding hydrogens is 534 g/mol. The molecule has 3 aromatic rings. The van der Waals surface area contributed by atoms with Crippen LogP contribution in [0.1, 0.15) is 58.5 Å². The normalized spacial score (nSPS) is 13.5. The molecule has 1 heterocycles. The van der Waals surface area contributed by atoms with Crippen molar-refractivity contribution in [1.29, 1.82) is 0 Å². The van der Waals surface area contributed by atoms with Gasteiger partial charge in [-0.1, -0.05) is 43.5 Å². The second-order valence-corrected chi connectivity index (χ2v) is 12.3. The van der Waals surface area contributed by atoms with Crippen LogP contribution in [0.2, 0.25) is 0 Å². The number of para-hydroxylation sites is 1. The van der Waals surface area contributed by atoms with E-state index in [1.54, 1.807) is 30.5 Å². The number of amides is 3. The molecule has 7 nitrogen and oxygen atoms in total. The van der Waals surface area contributed by atoms with Crippen molar-refractivity contribution in [3.8, 4) is 11.5 Å². The van der Waals surface area contributed by atoms with Gasteiger partial charge in [0.25, 0.3) is 0 Å². The number of ether oxygens (including phenoxy) is 2. The number of nitrogens with one attached hydrogen (secondary N) is 1. The first-order valence-electron chi connectivity index (χ1n) is 14.5. The number of benzene rings is 2. The van der Waals surface area contributed by atoms with Crippen LogP contribution in [0.5, 0.6) is 11.5 Å². The predicted molar refractivity (Wildman–Crippen MR) is 166 cm³/mol. The van der Waals surface area contributed by atoms with Crippen molar-refractivity contribution in [1.82, 2.24) is 9.80 Å². The van der Waals surface area contributed by atoms with E-state index in [1.807, 2.05) is 55.1 Å². The first-order valence-corrected chi connectivity index (χ1v) is 15.3. The molecule has 0 radical (unpaired) electrons. The number of hydrogen-bond acceptors (Lipinski definition) is 5. The SMILES string of the molecule is COc1ccc(CCN(Cc2ccc(C)s2)C(=O)CN(C(=O)Nc2c(C)cccc2C)C2CCCCC2)cc1OC. The van der Waals surface area contributed by atoms with Crippen molar-refractivity contribution in [3.05, 3.63) is 75.0 Å². The van der Waals surface area contributed by atoms with Gasteiger partial charge < -0.3 is 24.6 Å². The van der Waals surface area contributed by atoms with Gasteiger partial charge in [0, 0.05) is 28.0 Å². The fraction of sp³-hybridized carbons (Fsp3) is 0.455. The first-order chi connectivity index (χ1) is 19.8. The Hall–Kier alpha value is -3.52. The van der Waals surface area contributed by atoms with Crippen LogP contribution in [0, 0.1) is 20.8 Å². The third kappa shape index (κ3) is 8.03. The van der Waals surface area contributed by atoms with Crippen molar-refractivity contribution in [2.45, 2.75) is 71.9 Å². The Labute approximate surface area is 248 Å². The van der Waals surface area contributed by atoms with Crippen LogP contribution in [0.25, 0.3) is 0 Å². The van der Waals surface area contributed by atoms with Crippen LogP contribution in [0.4, 0.5) is 10.5 Å². The topological polar surface area (TPSA) is 71.1 Å². The van der Waals surface area contributed by atoms with Crippen molar-refractivity contribution < 1.29 is 19.1 Å². The second-order valence-electron chi connectivity index (χ2n) is 10.9. The standard InChI is InChI=1S/C33H43N3O4S/c1-23-10-9-11-24(2)32(23)34-33(38)36(27-12-7-6-8-13-27)22-31(37)35(21-28-16-14-25(3)41-28)19-18-26-15-17-29(39-4)30(20-26)40-5/h9-11,14-17,20,27H,6-8,12-13,18-19,21-22H2,1-5H3,(H,34,38). The Kier molecular flexibility index (Phi) is 10.7. The average Bonchev–Trinajstić information content (AvgIpc) is 3.40. The number of nitrogens with zero attached hydrogens (tertiary/aromatic N) is 2. The molecule has 1 N–H and O–H groups in total. The van der Waals surface area contributed by atoms with Crippen molar-refractivity contribution in [3.63, 3.8) is 0 Å². The summed E-state index contributed by atoms with van der Waals surface area (Å²) in [4.78, 5) is 33.8. The largest absolute Gasteiger partial charge is 0.493 e. The number of aryl methyl sites for hydroxylation is 3. The highest BCUT2D eigenvalue weighted by molar-refractivity contribution is 7.11. The summed E-state index contributed by atoms with van der Waals surface area (Å²) in [6.07, 6.45) is 5.82. The van der Waals surface area contributed by atoms with Crippen LogP contribution in [0.15, 0.2) is 48.5 Å². The van der Waals surface area contributed by atoms with Gasteiger partial charge in [-0.15, -0.1) is 11.3 Å². The van der Waals surface area contributed by atoms with Crippen LogP contribution >= 0.6 is 11.3 Å². The van der Waals surface area contributed by atoms with Crippen LogP contribution in [-0.4, -0.2) is 55.1 Å². The molecule has 1 saturated carbocycles. The maximum absolute atomic E-state index is 14.0. The number of rotatable bonds is 11. The number of urea groups is 1. The third-order valence-electron chi connectivity index (χ3n) is 7.91. The predicted octanol–water partition coefficient (Wildman–Crippen LogP) is 7.13. The lowest BCUT2D eigenvalue weighted by atomic mass is 9.94. The maximum atomic E-state index is 14.0. The molecule has 1 aliphatic rings. The Morgan fingerprint density at radius 2 is 1.63 bits per heavy atom. The minimum absolute atomic E-state index is 0.0428. The average molecular weight is 578 g/mol. The second kappa shape index (κ2) is 14.4. The van der Waals surface area contributed by atoms with Gasteiger partial charge in [0.2, 0.25) is 5.91 Å². The van der Waals surface area contributed by atoms with Crippen LogP contribution in [-0.2, 0) is 17.8 Å². The van der Waals surface area contributed by atoms with Crippen LogP contribution in [0.3, 0.4) is 0 Å². The molecule has 1 aromatic heterocycles. The number of carbonyl (C=O) groups excluding carboxylic acids is 2. The number of anilines is 1. The summed E-state index contributed by atoms with van der Waals surface area (Å²) >= 11 is 1.70. The summed E-state index contributed by atoms with van der Waals surface area (Å²) in [7, 11) is 3.25. The smallest absolute Gasteiger partial charge is 0.322 e. The lowest BCUT2D eigenvalue weighted by molar-refractivity contribution is -0.132. The fourth-order valence-corrected chi connectivity index (χ4v) is 6.45. The zero-order valence-electron chi connectivity index (χ0n) is 25.0. The summed E-state index contributed by atoms with van der Waals surface area (Å²) < 4.78 is 10.9. The molecule has 0 spiro atoms. The highest BCUT2D eigenvalue weighted by Crippen LogP contribution is 2.29. The van der Waals surface area contributed by atoms with Gasteiger partial charge in [-0.25, -0.2) is 4.79 Å². The summed E-state index contributed by atoms with van der Waals surface area (Å²) in [6, 6.07) is 15.9. The highest BCUT2D eigenvalue weighted by atomic mass is 32.1. The van der Waals surface area contributed by atoms with E-state index in [0.29, 0.717) is 31.0 Å². The van der Waals surface area contributed by atoms with E-state index in [-0.39, 0.29) is 24.5 Å². The van der Waals surface area contributed by atoms with Gasteiger partial charge in [-0.05, 0) is 81.0 Å². The highest BCUT2D eigenvalue weighted by Gasteiger charge is 2.30. The summed E-state index contributed by atoms with van der Waals surface area (Å²) in [5.74, 6) is 1.30. The van der Waals surface area contributed by atoms with E-state index in [9.17, 15) is 9.59 Å². The number of methoxy groups -OCH3 is 2. The van der Waals surface area contributed by atoms with E-state index in [2.05, 4.69) is 24.4 Å². The Bertz CT molecular complexity index is 1310. The minimum Gasteiger partial charge on any atom is -0.493 e. The van der Waals surface area contributed by atoms with Crippen molar-refractivity contribution in [2.75, 3.05) is 32.6 Å². The van der Waals surface area contributed by atoms with Gasteiger partial charge in [-0.2, -0.15) is 0 Å². The lowest BCUT2D eigenvalue weighted by Gasteiger charge is -2.35. The number of hydrogen-bond donors (Lipinski definition) is 1. The Morgan fingerprint density at radius 3 is 2.27 bits per heavy atom. The molecule has 0 unspecified atom stereocenters. The maximum Gasteiger partial charge on any atom is 0.322 e. The molecule has 4 rings (SSSR count). The molecule has 1 fully saturated rings. The molecule has 0 atom stereocenters. The molecule has 220 valence electrons. The molecule has 0 saturated heterocycles. The molecular formula is C33H43N3O4S. The monoisotopic (exact) mass is 577 g/mol. The van der Waals surface area contributed by atoms with E-state index >= 15 is 0 Å². The molecule has 3 amide bonds. The molecule has 0 aliphatic heterocycles. The summed E-state index contributed by atoms with van der Waals surface area (Å²) in [5, 5.41) is 3.15. The summed E-state index contributed by atoms with van der Waals surface area (Å²) in [5.41, 5.74) is 3.90. The van der Waals surface area contributed by atoms with E-state index < -0.39 is 0 Å². The lowest BCUT2D eigenvalue weighted by Crippen LogP contribution is -2.50. The molecule has 1 aliphatic carbocycles. The van der Waals surface area contributed by atoms with Gasteiger partial charge in [0.15, 0.2) is 11.5 Å². The zero-order chi connectivity index (χ0) is 29.4. The van der Waals surface area contributed by atoms with E-state index in [4.69, 9.17) is 9.47 Å². The Morgan fingerprint density at radius 1 is 0.927 bits per heavy atom. The van der Waals surface area contributed by atoms with Gasteiger partial charge in [0.1, 0.15) is 6.54 Å². The number of thiophene rings is 1. The van der Waals surface area contributed by atoms with Gasteiger partial charge in [-0.3, -0.25) is 4.79 Å². The van der Waals surface area contributed by atoms with Gasteiger partial charge in [0.05, 0.1) is 20.8 Å². The quantitative estimate of drug-likeness (QED) is 0.263. The third-order valence-corrected chi connectivity index (χ3v) is 8.89. The van der Waals surface area contributed by atoms with Gasteiger partial charge >= 0.3 is 6.03 Å². The van der Waals surface area contributed by atoms with E-state index in [1.165, 1.54) is 11.3 Å². The van der Waals surface area contributed by atoms with Crippen LogP contribution < -0.4 is 14.8 Å². The number of carbonyl (C=O) groups is 2. The molecule has 0 bridgehead atoms. The Balaban J connectivity index is 1.55. The molecule has 2 aromatic carbocycles. The molecule has 41 heavy (non-hydrogen) atoms. The molecule has 8 heteroatoms.